The summed E-state index contributed by atoms with van der Waals surface area (Å²) in [5.41, 5.74) is 7.61. The number of hydrogen-bond donors (Lipinski definition) is 5. The van der Waals surface area contributed by atoms with Gasteiger partial charge in [-0.3, -0.25) is 14.4 Å². The molecule has 0 radical (unpaired) electrons. The summed E-state index contributed by atoms with van der Waals surface area (Å²) >= 11 is 0. The second kappa shape index (κ2) is 18.5. The first kappa shape index (κ1) is 30.3. The molecule has 1 fully saturated rings. The van der Waals surface area contributed by atoms with Crippen LogP contribution in [0.15, 0.2) is 54.6 Å². The maximum atomic E-state index is 11.2. The fourth-order valence-corrected chi connectivity index (χ4v) is 2.60. The number of carbonyl (C=O) groups excluding carboxylic acids is 3. The Balaban J connectivity index is 0.000000349. The van der Waals surface area contributed by atoms with Gasteiger partial charge in [0.05, 0.1) is 13.2 Å². The van der Waals surface area contributed by atoms with Gasteiger partial charge in [0.2, 0.25) is 12.3 Å². The van der Waals surface area contributed by atoms with Crippen LogP contribution < -0.4 is 21.7 Å². The minimum absolute atomic E-state index is 0.0561. The molecule has 1 saturated carbocycles. The molecule has 0 aliphatic heterocycles. The lowest BCUT2D eigenvalue weighted by Crippen LogP contribution is -2.41. The van der Waals surface area contributed by atoms with Crippen molar-refractivity contribution in [2.45, 2.75) is 38.5 Å². The second-order valence-corrected chi connectivity index (χ2v) is 8.03. The van der Waals surface area contributed by atoms with E-state index in [1.807, 2.05) is 56.4 Å². The molecule has 6 N–H and O–H groups in total. The van der Waals surface area contributed by atoms with E-state index in [4.69, 9.17) is 9.90 Å². The van der Waals surface area contributed by atoms with Crippen LogP contribution in [-0.2, 0) is 16.2 Å². The smallest absolute Gasteiger partial charge is 0.234 e. The number of primary amides is 1. The molecule has 192 valence electrons. The van der Waals surface area contributed by atoms with Gasteiger partial charge in [0, 0.05) is 29.8 Å². The third kappa shape index (κ3) is 14.5. The monoisotopic (exact) mass is 492 g/mol. The summed E-state index contributed by atoms with van der Waals surface area (Å²) in [6.45, 7) is 3.25. The van der Waals surface area contributed by atoms with Crippen molar-refractivity contribution in [1.29, 1.82) is 0 Å². The maximum absolute atomic E-state index is 11.2. The average molecular weight is 493 g/mol. The molecule has 1 aliphatic carbocycles. The van der Waals surface area contributed by atoms with Crippen molar-refractivity contribution < 1.29 is 19.5 Å². The van der Waals surface area contributed by atoms with Crippen molar-refractivity contribution in [2.24, 2.45) is 5.73 Å². The lowest BCUT2D eigenvalue weighted by molar-refractivity contribution is -0.120. The molecule has 1 unspecified atom stereocenters. The fourth-order valence-electron chi connectivity index (χ4n) is 2.60. The number of likely N-dealkylation sites (N-methyl/N-ethyl adjacent to an activating group) is 1. The van der Waals surface area contributed by atoms with Crippen molar-refractivity contribution in [3.8, 4) is 11.8 Å². The molecule has 0 aromatic heterocycles. The van der Waals surface area contributed by atoms with Crippen LogP contribution in [0.5, 0.6) is 0 Å². The molecule has 36 heavy (non-hydrogen) atoms. The molecular formula is C28H36N4O4. The number of hydrogen-bond acceptors (Lipinski definition) is 6. The van der Waals surface area contributed by atoms with Crippen LogP contribution in [0, 0.1) is 11.8 Å². The van der Waals surface area contributed by atoms with E-state index in [0.29, 0.717) is 30.7 Å². The van der Waals surface area contributed by atoms with Crippen LogP contribution in [0.1, 0.15) is 46.8 Å². The van der Waals surface area contributed by atoms with E-state index in [2.05, 4.69) is 33.5 Å². The van der Waals surface area contributed by atoms with Crippen LogP contribution in [0.4, 0.5) is 0 Å². The van der Waals surface area contributed by atoms with E-state index in [-0.39, 0.29) is 18.9 Å². The predicted molar refractivity (Wildman–Crippen MR) is 143 cm³/mol. The van der Waals surface area contributed by atoms with Gasteiger partial charge < -0.3 is 26.8 Å². The zero-order valence-corrected chi connectivity index (χ0v) is 20.9. The zero-order valence-electron chi connectivity index (χ0n) is 20.9. The molecular weight excluding hydrogens is 456 g/mol. The summed E-state index contributed by atoms with van der Waals surface area (Å²) in [4.78, 5) is 30.3. The fraction of sp³-hybridized carbons (Fsp3) is 0.321. The molecule has 3 rings (SSSR count). The van der Waals surface area contributed by atoms with E-state index in [1.54, 1.807) is 18.2 Å². The summed E-state index contributed by atoms with van der Waals surface area (Å²) in [5.74, 6) is 6.04. The van der Waals surface area contributed by atoms with Gasteiger partial charge in [-0.15, -0.1) is 0 Å². The van der Waals surface area contributed by atoms with Crippen LogP contribution in [0.2, 0.25) is 0 Å². The van der Waals surface area contributed by atoms with Gasteiger partial charge >= 0.3 is 0 Å². The van der Waals surface area contributed by atoms with E-state index in [0.717, 1.165) is 23.0 Å². The lowest BCUT2D eigenvalue weighted by atomic mass is 10.1. The number of aldehydes is 1. The molecule has 0 heterocycles. The lowest BCUT2D eigenvalue weighted by Gasteiger charge is -2.11. The molecule has 2 aromatic carbocycles. The molecule has 0 spiro atoms. The molecule has 8 heteroatoms. The molecule has 0 saturated heterocycles. The largest absolute Gasteiger partial charge is 0.392 e. The number of benzene rings is 2. The Bertz CT molecular complexity index is 1000. The first-order chi connectivity index (χ1) is 17.4. The zero-order chi connectivity index (χ0) is 26.6. The quantitative estimate of drug-likeness (QED) is 0.267. The Morgan fingerprint density at radius 2 is 1.72 bits per heavy atom. The van der Waals surface area contributed by atoms with Crippen molar-refractivity contribution in [1.82, 2.24) is 16.0 Å². The van der Waals surface area contributed by atoms with Crippen LogP contribution in [0.3, 0.4) is 0 Å². The maximum Gasteiger partial charge on any atom is 0.234 e. The van der Waals surface area contributed by atoms with Gasteiger partial charge in [-0.2, -0.15) is 0 Å². The normalized spacial score (nSPS) is 12.5. The average Bonchev–Trinajstić information content (AvgIpc) is 3.75. The third-order valence-electron chi connectivity index (χ3n) is 5.01. The highest BCUT2D eigenvalue weighted by Crippen LogP contribution is 2.17. The third-order valence-corrected chi connectivity index (χ3v) is 5.01. The second-order valence-electron chi connectivity index (χ2n) is 8.03. The topological polar surface area (TPSA) is 134 Å². The summed E-state index contributed by atoms with van der Waals surface area (Å²) < 4.78 is 0. The van der Waals surface area contributed by atoms with Crippen LogP contribution in [0.25, 0.3) is 6.08 Å². The SMILES string of the molecule is CNC(C)CNC(=O)CNC1CC1.NC=O.O=Cc1ccc(C#C/C=C/c2ccc(CO)cc2)cc1. The van der Waals surface area contributed by atoms with Gasteiger partial charge in [0.25, 0.3) is 0 Å². The minimum Gasteiger partial charge on any atom is -0.392 e. The Hall–Kier alpha value is -3.77. The van der Waals surface area contributed by atoms with Crippen molar-refractivity contribution >= 4 is 24.7 Å². The van der Waals surface area contributed by atoms with Gasteiger partial charge in [0.1, 0.15) is 6.29 Å². The molecule has 0 bridgehead atoms. The highest BCUT2D eigenvalue weighted by atomic mass is 16.3. The molecule has 8 nitrogen and oxygen atoms in total. The number of amides is 2. The molecule has 1 aliphatic rings. The minimum atomic E-state index is 0.0561. The number of allylic oxidation sites excluding steroid dienone is 1. The number of nitrogens with one attached hydrogen (secondary N) is 3. The van der Waals surface area contributed by atoms with Crippen LogP contribution >= 0.6 is 0 Å². The van der Waals surface area contributed by atoms with Gasteiger partial charge in [-0.25, -0.2) is 0 Å². The van der Waals surface area contributed by atoms with E-state index in [1.165, 1.54) is 12.8 Å². The molecule has 2 aromatic rings. The highest BCUT2D eigenvalue weighted by molar-refractivity contribution is 5.78. The Morgan fingerprint density at radius 3 is 2.25 bits per heavy atom. The summed E-state index contributed by atoms with van der Waals surface area (Å²) in [6, 6.07) is 15.7. The first-order valence-electron chi connectivity index (χ1n) is 11.7. The highest BCUT2D eigenvalue weighted by Gasteiger charge is 2.20. The number of aliphatic hydroxyl groups is 1. The predicted octanol–water partition coefficient (Wildman–Crippen LogP) is 1.62. The van der Waals surface area contributed by atoms with Gasteiger partial charge in [-0.05, 0) is 62.2 Å². The summed E-state index contributed by atoms with van der Waals surface area (Å²) in [6.07, 6.45) is 7.20. The number of nitrogens with two attached hydrogens (primary N) is 1. The van der Waals surface area contributed by atoms with E-state index in [9.17, 15) is 9.59 Å². The molecule has 2 amide bonds. The van der Waals surface area contributed by atoms with Gasteiger partial charge in [0.15, 0.2) is 0 Å². The first-order valence-corrected chi connectivity index (χ1v) is 11.7. The van der Waals surface area contributed by atoms with Crippen molar-refractivity contribution in [2.75, 3.05) is 20.1 Å². The Morgan fingerprint density at radius 1 is 1.11 bits per heavy atom. The molecule has 1 atom stereocenters. The standard InChI is InChI=1S/C18H14O2.C9H19N3O.CH3NO/c19-13-17-9-5-15(6-10-17)3-1-2-4-16-7-11-18(14-20)12-8-16;1-7(10-2)5-12-9(13)6-11-8-3-4-8;2-1-3/h1,3,5-12,14,19H,13H2;7-8,10-11H,3-6H2,1-2H3,(H,12,13);1H,(H2,2,3)/b3-1+;;. The van der Waals surface area contributed by atoms with E-state index < -0.39 is 0 Å². The number of carbonyl (C=O) groups is 3. The Kier molecular flexibility index (Phi) is 15.6. The summed E-state index contributed by atoms with van der Waals surface area (Å²) in [7, 11) is 1.89. The Labute approximate surface area is 213 Å². The van der Waals surface area contributed by atoms with Crippen molar-refractivity contribution in [3.63, 3.8) is 0 Å². The van der Waals surface area contributed by atoms with Crippen LogP contribution in [-0.4, -0.2) is 55.9 Å². The van der Waals surface area contributed by atoms with Gasteiger partial charge in [-0.1, -0.05) is 48.2 Å². The van der Waals surface area contributed by atoms with Crippen molar-refractivity contribution in [3.05, 3.63) is 76.9 Å². The number of rotatable bonds is 9. The summed E-state index contributed by atoms with van der Waals surface area (Å²) in [5, 5.41) is 18.0. The van der Waals surface area contributed by atoms with E-state index >= 15 is 0 Å². The number of aliphatic hydroxyl groups excluding tert-OH is 1.